The third kappa shape index (κ3) is 3.12. The van der Waals surface area contributed by atoms with E-state index >= 15 is 0 Å². The topological polar surface area (TPSA) is 21.3 Å². The van der Waals surface area contributed by atoms with Gasteiger partial charge in [0.2, 0.25) is 0 Å². The van der Waals surface area contributed by atoms with Gasteiger partial charge >= 0.3 is 0 Å². The molecule has 0 aromatic heterocycles. The average molecular weight is 379 g/mol. The van der Waals surface area contributed by atoms with Crippen molar-refractivity contribution < 1.29 is 17.9 Å². The van der Waals surface area contributed by atoms with Crippen molar-refractivity contribution >= 4 is 34.0 Å². The van der Waals surface area contributed by atoms with Crippen molar-refractivity contribution in [1.29, 1.82) is 0 Å². The van der Waals surface area contributed by atoms with Crippen molar-refractivity contribution in [2.75, 3.05) is 12.4 Å². The maximum absolute atomic E-state index is 13.6. The summed E-state index contributed by atoms with van der Waals surface area (Å²) < 4.78 is 46.1. The number of ether oxygens (including phenoxy) is 1. The molecule has 19 heavy (non-hydrogen) atoms. The van der Waals surface area contributed by atoms with Gasteiger partial charge in [-0.3, -0.25) is 0 Å². The first kappa shape index (κ1) is 14.0. The zero-order valence-corrected chi connectivity index (χ0v) is 12.0. The predicted molar refractivity (Wildman–Crippen MR) is 75.3 cm³/mol. The zero-order valence-electron chi connectivity index (χ0n) is 9.81. The van der Waals surface area contributed by atoms with E-state index in [9.17, 15) is 13.2 Å². The van der Waals surface area contributed by atoms with Gasteiger partial charge in [0.05, 0.1) is 18.5 Å². The van der Waals surface area contributed by atoms with Crippen molar-refractivity contribution in [3.05, 3.63) is 51.4 Å². The quantitative estimate of drug-likeness (QED) is 0.796. The van der Waals surface area contributed by atoms with Crippen LogP contribution in [-0.4, -0.2) is 7.11 Å². The van der Waals surface area contributed by atoms with Gasteiger partial charge in [0.15, 0.2) is 11.6 Å². The van der Waals surface area contributed by atoms with Crippen molar-refractivity contribution in [3.8, 4) is 5.75 Å². The maximum atomic E-state index is 13.6. The fraction of sp³-hybridized carbons (Fsp3) is 0.0769. The fourth-order valence-corrected chi connectivity index (χ4v) is 1.96. The molecule has 0 spiro atoms. The van der Waals surface area contributed by atoms with Crippen molar-refractivity contribution in [1.82, 2.24) is 0 Å². The lowest BCUT2D eigenvalue weighted by Crippen LogP contribution is -2.00. The number of halogens is 4. The fourth-order valence-electron chi connectivity index (χ4n) is 1.51. The molecule has 0 unspecified atom stereocenters. The number of benzene rings is 2. The zero-order chi connectivity index (χ0) is 14.0. The molecule has 2 nitrogen and oxygen atoms in total. The van der Waals surface area contributed by atoms with E-state index in [1.807, 2.05) is 22.6 Å². The van der Waals surface area contributed by atoms with Crippen LogP contribution in [0.5, 0.6) is 5.75 Å². The second-order valence-electron chi connectivity index (χ2n) is 3.72. The van der Waals surface area contributed by atoms with Gasteiger partial charge in [-0.05, 0) is 40.8 Å². The van der Waals surface area contributed by atoms with Crippen LogP contribution >= 0.6 is 22.6 Å². The highest BCUT2D eigenvalue weighted by molar-refractivity contribution is 14.1. The summed E-state index contributed by atoms with van der Waals surface area (Å²) >= 11 is 1.95. The highest BCUT2D eigenvalue weighted by Crippen LogP contribution is 2.28. The number of rotatable bonds is 3. The number of hydrogen-bond donors (Lipinski definition) is 1. The van der Waals surface area contributed by atoms with Gasteiger partial charge in [-0.25, -0.2) is 13.2 Å². The molecule has 0 radical (unpaired) electrons. The van der Waals surface area contributed by atoms with Crippen LogP contribution in [0.3, 0.4) is 0 Å². The maximum Gasteiger partial charge on any atom is 0.182 e. The van der Waals surface area contributed by atoms with E-state index in [2.05, 4.69) is 5.32 Å². The Morgan fingerprint density at radius 1 is 1.00 bits per heavy atom. The molecule has 0 saturated heterocycles. The van der Waals surface area contributed by atoms with Gasteiger partial charge < -0.3 is 10.1 Å². The molecule has 0 aliphatic rings. The van der Waals surface area contributed by atoms with Crippen molar-refractivity contribution in [2.24, 2.45) is 0 Å². The van der Waals surface area contributed by atoms with Crippen LogP contribution in [0.25, 0.3) is 0 Å². The van der Waals surface area contributed by atoms with Gasteiger partial charge in [-0.15, -0.1) is 0 Å². The van der Waals surface area contributed by atoms with Crippen molar-refractivity contribution in [3.63, 3.8) is 0 Å². The number of anilines is 2. The lowest BCUT2D eigenvalue weighted by atomic mass is 10.2. The minimum absolute atomic E-state index is 0.0620. The van der Waals surface area contributed by atoms with E-state index in [1.165, 1.54) is 25.3 Å². The van der Waals surface area contributed by atoms with Gasteiger partial charge in [0, 0.05) is 15.7 Å². The minimum Gasteiger partial charge on any atom is -0.497 e. The van der Waals surface area contributed by atoms with E-state index in [1.54, 1.807) is 6.07 Å². The summed E-state index contributed by atoms with van der Waals surface area (Å²) in [6.07, 6.45) is 0. The van der Waals surface area contributed by atoms with Crippen LogP contribution in [0.15, 0.2) is 30.3 Å². The van der Waals surface area contributed by atoms with Crippen LogP contribution in [0.1, 0.15) is 0 Å². The number of nitrogens with one attached hydrogen (secondary N) is 1. The molecule has 2 aromatic carbocycles. The van der Waals surface area contributed by atoms with Gasteiger partial charge in [0.25, 0.3) is 0 Å². The Kier molecular flexibility index (Phi) is 4.18. The predicted octanol–water partition coefficient (Wildman–Crippen LogP) is 4.46. The molecule has 0 heterocycles. The Morgan fingerprint density at radius 2 is 1.74 bits per heavy atom. The summed E-state index contributed by atoms with van der Waals surface area (Å²) in [6, 6.07) is 6.58. The number of hydrogen-bond acceptors (Lipinski definition) is 2. The molecule has 6 heteroatoms. The minimum atomic E-state index is -1.08. The number of methoxy groups -OCH3 is 1. The molecule has 0 aliphatic carbocycles. The summed E-state index contributed by atoms with van der Waals surface area (Å²) in [7, 11) is 1.34. The SMILES string of the molecule is COc1cc(F)c(F)c(Nc2ccc(I)cc2F)c1. The van der Waals surface area contributed by atoms with Crippen LogP contribution in [-0.2, 0) is 0 Å². The average Bonchev–Trinajstić information content (AvgIpc) is 2.37. The summed E-state index contributed by atoms with van der Waals surface area (Å²) in [6.45, 7) is 0. The second kappa shape index (κ2) is 5.68. The van der Waals surface area contributed by atoms with E-state index < -0.39 is 17.5 Å². The molecule has 100 valence electrons. The second-order valence-corrected chi connectivity index (χ2v) is 4.97. The lowest BCUT2D eigenvalue weighted by Gasteiger charge is -2.11. The van der Waals surface area contributed by atoms with E-state index in [4.69, 9.17) is 4.74 Å². The van der Waals surface area contributed by atoms with Gasteiger partial charge in [-0.2, -0.15) is 0 Å². The smallest absolute Gasteiger partial charge is 0.182 e. The van der Waals surface area contributed by atoms with E-state index in [0.717, 1.165) is 6.07 Å². The van der Waals surface area contributed by atoms with Crippen LogP contribution in [0, 0.1) is 21.0 Å². The lowest BCUT2D eigenvalue weighted by molar-refractivity contribution is 0.407. The van der Waals surface area contributed by atoms with E-state index in [-0.39, 0.29) is 17.1 Å². The molecule has 2 rings (SSSR count). The molecule has 1 N–H and O–H groups in total. The molecular formula is C13H9F3INO. The normalized spacial score (nSPS) is 10.4. The van der Waals surface area contributed by atoms with Gasteiger partial charge in [-0.1, -0.05) is 0 Å². The Bertz CT molecular complexity index is 619. The summed E-state index contributed by atoms with van der Waals surface area (Å²) in [5.41, 5.74) is -0.121. The first-order chi connectivity index (χ1) is 9.01. The first-order valence-electron chi connectivity index (χ1n) is 5.26. The Balaban J connectivity index is 2.40. The molecule has 0 aliphatic heterocycles. The van der Waals surface area contributed by atoms with E-state index in [0.29, 0.717) is 3.57 Å². The summed E-state index contributed by atoms with van der Waals surface area (Å²) in [4.78, 5) is 0. The molecule has 0 atom stereocenters. The largest absolute Gasteiger partial charge is 0.497 e. The summed E-state index contributed by atoms with van der Waals surface area (Å²) in [5.74, 6) is -2.55. The Hall–Kier alpha value is -1.44. The monoisotopic (exact) mass is 379 g/mol. The molecule has 2 aromatic rings. The molecule has 0 saturated carbocycles. The third-order valence-electron chi connectivity index (χ3n) is 2.44. The molecule has 0 amide bonds. The molecular weight excluding hydrogens is 370 g/mol. The third-order valence-corrected chi connectivity index (χ3v) is 3.11. The first-order valence-corrected chi connectivity index (χ1v) is 6.34. The van der Waals surface area contributed by atoms with Gasteiger partial charge in [0.1, 0.15) is 11.6 Å². The highest BCUT2D eigenvalue weighted by atomic mass is 127. The van der Waals surface area contributed by atoms with Crippen LogP contribution < -0.4 is 10.1 Å². The van der Waals surface area contributed by atoms with Crippen LogP contribution in [0.2, 0.25) is 0 Å². The molecule has 0 bridgehead atoms. The standard InChI is InChI=1S/C13H9F3INO/c1-19-8-5-10(15)13(16)12(6-8)18-11-3-2-7(17)4-9(11)14/h2-6,18H,1H3. The Morgan fingerprint density at radius 3 is 2.37 bits per heavy atom. The summed E-state index contributed by atoms with van der Waals surface area (Å²) in [5, 5.41) is 2.51. The van der Waals surface area contributed by atoms with Crippen LogP contribution in [0.4, 0.5) is 24.5 Å². The van der Waals surface area contributed by atoms with Crippen molar-refractivity contribution in [2.45, 2.75) is 0 Å². The highest BCUT2D eigenvalue weighted by Gasteiger charge is 2.13. The molecule has 0 fully saturated rings. The Labute approximate surface area is 121 Å².